The van der Waals surface area contributed by atoms with Crippen molar-refractivity contribution in [2.45, 2.75) is 50.4 Å². The molecule has 0 aliphatic heterocycles. The Morgan fingerprint density at radius 1 is 1.22 bits per heavy atom. The predicted octanol–water partition coefficient (Wildman–Crippen LogP) is 2.72. The summed E-state index contributed by atoms with van der Waals surface area (Å²) in [5, 5.41) is 9.86. The molecule has 0 amide bonds. The monoisotopic (exact) mass is 347 g/mol. The van der Waals surface area contributed by atoms with Crippen molar-refractivity contribution in [1.29, 1.82) is 0 Å². The van der Waals surface area contributed by atoms with Gasteiger partial charge in [0.1, 0.15) is 11.6 Å². The van der Waals surface area contributed by atoms with Gasteiger partial charge < -0.3 is 5.11 Å². The van der Waals surface area contributed by atoms with Gasteiger partial charge in [-0.2, -0.15) is 0 Å². The van der Waals surface area contributed by atoms with Gasteiger partial charge >= 0.3 is 0 Å². The van der Waals surface area contributed by atoms with Crippen LogP contribution in [0.4, 0.5) is 8.78 Å². The molecule has 23 heavy (non-hydrogen) atoms. The van der Waals surface area contributed by atoms with E-state index in [0.717, 1.165) is 44.2 Å². The van der Waals surface area contributed by atoms with Crippen LogP contribution in [0.2, 0.25) is 0 Å². The van der Waals surface area contributed by atoms with Gasteiger partial charge in [-0.1, -0.05) is 18.9 Å². The number of halogens is 2. The summed E-state index contributed by atoms with van der Waals surface area (Å²) >= 11 is 0. The van der Waals surface area contributed by atoms with Crippen LogP contribution in [-0.2, 0) is 15.8 Å². The molecule has 130 valence electrons. The van der Waals surface area contributed by atoms with Crippen LogP contribution in [0.1, 0.15) is 44.1 Å². The predicted molar refractivity (Wildman–Crippen MR) is 84.2 cm³/mol. The normalized spacial score (nSPS) is 22.2. The first kappa shape index (κ1) is 18.3. The molecule has 0 spiro atoms. The van der Waals surface area contributed by atoms with E-state index < -0.39 is 27.4 Å². The van der Waals surface area contributed by atoms with Gasteiger partial charge in [0.2, 0.25) is 10.0 Å². The molecule has 0 aromatic heterocycles. The molecule has 0 radical (unpaired) electrons. The van der Waals surface area contributed by atoms with E-state index in [1.807, 2.05) is 0 Å². The van der Waals surface area contributed by atoms with Crippen molar-refractivity contribution in [2.24, 2.45) is 5.92 Å². The number of hydrogen-bond donors (Lipinski definition) is 2. The number of aliphatic hydroxyl groups is 1. The van der Waals surface area contributed by atoms with E-state index in [9.17, 15) is 22.3 Å². The topological polar surface area (TPSA) is 66.4 Å². The highest BCUT2D eigenvalue weighted by Gasteiger charge is 2.22. The second-order valence-corrected chi connectivity index (χ2v) is 7.95. The number of benzene rings is 1. The van der Waals surface area contributed by atoms with Crippen LogP contribution in [0.15, 0.2) is 18.2 Å². The fourth-order valence-electron chi connectivity index (χ4n) is 3.01. The zero-order valence-electron chi connectivity index (χ0n) is 13.0. The molecule has 0 bridgehead atoms. The Balaban J connectivity index is 1.77. The molecule has 4 nitrogen and oxygen atoms in total. The molecule has 7 heteroatoms. The van der Waals surface area contributed by atoms with E-state index in [1.54, 1.807) is 0 Å². The van der Waals surface area contributed by atoms with Gasteiger partial charge in [0.25, 0.3) is 0 Å². The van der Waals surface area contributed by atoms with E-state index in [2.05, 4.69) is 4.72 Å². The summed E-state index contributed by atoms with van der Waals surface area (Å²) in [5.74, 6) is -1.86. The molecule has 2 rings (SSSR count). The van der Waals surface area contributed by atoms with Gasteiger partial charge in [0.05, 0.1) is 11.9 Å². The highest BCUT2D eigenvalue weighted by Crippen LogP contribution is 2.27. The molecule has 1 aromatic rings. The maximum atomic E-state index is 13.5. The Bertz CT molecular complexity index is 622. The first-order chi connectivity index (χ1) is 10.9. The van der Waals surface area contributed by atoms with Gasteiger partial charge in [-0.05, 0) is 37.7 Å². The Morgan fingerprint density at radius 3 is 2.65 bits per heavy atom. The minimum Gasteiger partial charge on any atom is -0.393 e. The molecule has 2 N–H and O–H groups in total. The van der Waals surface area contributed by atoms with E-state index in [0.29, 0.717) is 12.5 Å². The summed E-state index contributed by atoms with van der Waals surface area (Å²) in [6.07, 6.45) is 5.08. The molecule has 0 saturated heterocycles. The lowest BCUT2D eigenvalue weighted by atomic mass is 9.84. The van der Waals surface area contributed by atoms with Crippen LogP contribution < -0.4 is 4.72 Å². The average molecular weight is 347 g/mol. The third-order valence-corrected chi connectivity index (χ3v) is 5.64. The van der Waals surface area contributed by atoms with Crippen molar-refractivity contribution in [3.05, 3.63) is 35.4 Å². The first-order valence-electron chi connectivity index (χ1n) is 7.97. The standard InChI is InChI=1S/C16H23F2NO3S/c17-14-8-7-13(15(18)10-14)11-23(21,22)19-9-3-5-12-4-1-2-6-16(12)20/h7-8,10,12,16,19-20H,1-6,9,11H2/t12-,16-/m0/s1. The van der Waals surface area contributed by atoms with Crippen molar-refractivity contribution in [2.75, 3.05) is 6.54 Å². The summed E-state index contributed by atoms with van der Waals surface area (Å²) in [5.41, 5.74) is -0.0541. The zero-order valence-corrected chi connectivity index (χ0v) is 13.8. The van der Waals surface area contributed by atoms with Crippen LogP contribution >= 0.6 is 0 Å². The van der Waals surface area contributed by atoms with Crippen molar-refractivity contribution in [1.82, 2.24) is 4.72 Å². The van der Waals surface area contributed by atoms with E-state index in [4.69, 9.17) is 0 Å². The largest absolute Gasteiger partial charge is 0.393 e. The molecule has 1 fully saturated rings. The van der Waals surface area contributed by atoms with Crippen molar-refractivity contribution in [3.63, 3.8) is 0 Å². The lowest BCUT2D eigenvalue weighted by Crippen LogP contribution is -2.29. The minimum absolute atomic E-state index is 0.0541. The number of hydrogen-bond acceptors (Lipinski definition) is 3. The van der Waals surface area contributed by atoms with Crippen LogP contribution in [-0.4, -0.2) is 26.2 Å². The Kier molecular flexibility index (Phi) is 6.50. The van der Waals surface area contributed by atoms with Gasteiger partial charge in [0, 0.05) is 18.2 Å². The minimum atomic E-state index is -3.66. The van der Waals surface area contributed by atoms with Gasteiger partial charge in [-0.3, -0.25) is 0 Å². The quantitative estimate of drug-likeness (QED) is 0.745. The molecule has 2 atom stereocenters. The summed E-state index contributed by atoms with van der Waals surface area (Å²) in [6.45, 7) is 0.258. The molecule has 1 aliphatic carbocycles. The van der Waals surface area contributed by atoms with Crippen LogP contribution in [0, 0.1) is 17.6 Å². The summed E-state index contributed by atoms with van der Waals surface area (Å²) in [7, 11) is -3.66. The lowest BCUT2D eigenvalue weighted by molar-refractivity contribution is 0.0645. The number of sulfonamides is 1. The molecule has 1 aliphatic rings. The SMILES string of the molecule is O=S(=O)(Cc1ccc(F)cc1F)NCCC[C@@H]1CCCC[C@@H]1O. The molecular formula is C16H23F2NO3S. The van der Waals surface area contributed by atoms with Crippen LogP contribution in [0.3, 0.4) is 0 Å². The molecule has 0 unspecified atom stereocenters. The highest BCUT2D eigenvalue weighted by atomic mass is 32.2. The van der Waals surface area contributed by atoms with Crippen molar-refractivity contribution >= 4 is 10.0 Å². The molecular weight excluding hydrogens is 324 g/mol. The Morgan fingerprint density at radius 2 is 1.96 bits per heavy atom. The van der Waals surface area contributed by atoms with E-state index in [-0.39, 0.29) is 24.1 Å². The van der Waals surface area contributed by atoms with Gasteiger partial charge in [-0.15, -0.1) is 0 Å². The third kappa shape index (κ3) is 5.82. The lowest BCUT2D eigenvalue weighted by Gasteiger charge is -2.27. The average Bonchev–Trinajstić information content (AvgIpc) is 2.48. The van der Waals surface area contributed by atoms with Crippen LogP contribution in [0.5, 0.6) is 0 Å². The maximum absolute atomic E-state index is 13.5. The Labute approximate surface area is 136 Å². The second-order valence-electron chi connectivity index (χ2n) is 6.14. The van der Waals surface area contributed by atoms with E-state index in [1.165, 1.54) is 0 Å². The summed E-state index contributed by atoms with van der Waals surface area (Å²) < 4.78 is 52.6. The Hall–Kier alpha value is -1.05. The fourth-order valence-corrected chi connectivity index (χ4v) is 4.21. The van der Waals surface area contributed by atoms with Crippen LogP contribution in [0.25, 0.3) is 0 Å². The van der Waals surface area contributed by atoms with Gasteiger partial charge in [0.15, 0.2) is 0 Å². The van der Waals surface area contributed by atoms with Crippen molar-refractivity contribution in [3.8, 4) is 0 Å². The molecule has 1 saturated carbocycles. The van der Waals surface area contributed by atoms with Gasteiger partial charge in [-0.25, -0.2) is 21.9 Å². The van der Waals surface area contributed by atoms with Crippen molar-refractivity contribution < 1.29 is 22.3 Å². The third-order valence-electron chi connectivity index (χ3n) is 4.30. The number of rotatable bonds is 7. The highest BCUT2D eigenvalue weighted by molar-refractivity contribution is 7.88. The fraction of sp³-hybridized carbons (Fsp3) is 0.625. The molecule has 1 aromatic carbocycles. The smallest absolute Gasteiger partial charge is 0.215 e. The second kappa shape index (κ2) is 8.17. The van der Waals surface area contributed by atoms with E-state index >= 15 is 0 Å². The summed E-state index contributed by atoms with van der Waals surface area (Å²) in [6, 6.07) is 2.86. The summed E-state index contributed by atoms with van der Waals surface area (Å²) in [4.78, 5) is 0. The maximum Gasteiger partial charge on any atom is 0.215 e. The number of aliphatic hydroxyl groups excluding tert-OH is 1. The number of nitrogens with one attached hydrogen (secondary N) is 1. The first-order valence-corrected chi connectivity index (χ1v) is 9.62. The molecule has 0 heterocycles. The zero-order chi connectivity index (χ0) is 16.9.